The summed E-state index contributed by atoms with van der Waals surface area (Å²) in [6.07, 6.45) is 4.47. The van der Waals surface area contributed by atoms with Crippen molar-refractivity contribution in [1.29, 1.82) is 0 Å². The number of rotatable bonds is 6. The molecule has 0 radical (unpaired) electrons. The van der Waals surface area contributed by atoms with Crippen molar-refractivity contribution in [3.63, 3.8) is 0 Å². The summed E-state index contributed by atoms with van der Waals surface area (Å²) in [6, 6.07) is 2.23. The van der Waals surface area contributed by atoms with Crippen LogP contribution in [0, 0.1) is 0 Å². The molecule has 0 fully saturated rings. The van der Waals surface area contributed by atoms with Gasteiger partial charge in [-0.15, -0.1) is 0 Å². The van der Waals surface area contributed by atoms with Crippen molar-refractivity contribution in [3.05, 3.63) is 12.2 Å². The quantitative estimate of drug-likeness (QED) is 0.243. The van der Waals surface area contributed by atoms with Crippen molar-refractivity contribution in [1.82, 2.24) is 4.90 Å². The van der Waals surface area contributed by atoms with E-state index in [1.165, 1.54) is 6.04 Å². The molecule has 0 saturated heterocycles. The van der Waals surface area contributed by atoms with Crippen molar-refractivity contribution in [2.45, 2.75) is 56.6 Å². The van der Waals surface area contributed by atoms with E-state index in [2.05, 4.69) is 66.5 Å². The Balaban J connectivity index is 2.30. The second-order valence-corrected chi connectivity index (χ2v) is 12.8. The highest BCUT2D eigenvalue weighted by molar-refractivity contribution is 9.09. The van der Waals surface area contributed by atoms with E-state index in [-0.39, 0.29) is 0 Å². The molecule has 1 heterocycles. The fourth-order valence-electron chi connectivity index (χ4n) is 1.99. The first-order chi connectivity index (χ1) is 7.81. The highest BCUT2D eigenvalue weighted by Crippen LogP contribution is 2.24. The first-order valence-electron chi connectivity index (χ1n) is 6.49. The van der Waals surface area contributed by atoms with Crippen molar-refractivity contribution in [2.75, 3.05) is 13.2 Å². The van der Waals surface area contributed by atoms with Crippen LogP contribution in [0.1, 0.15) is 13.8 Å². The molecule has 2 unspecified atom stereocenters. The molecule has 100 valence electrons. The summed E-state index contributed by atoms with van der Waals surface area (Å²) in [6.45, 7) is 13.4. The Labute approximate surface area is 116 Å². The SMILES string of the molecule is CC(C)N1C(Br)C=CC1COCC[Si](C)(C)C. The molecule has 0 amide bonds. The van der Waals surface area contributed by atoms with Crippen LogP contribution in [-0.2, 0) is 4.74 Å². The minimum Gasteiger partial charge on any atom is -0.380 e. The van der Waals surface area contributed by atoms with Gasteiger partial charge in [0.25, 0.3) is 0 Å². The highest BCUT2D eigenvalue weighted by atomic mass is 79.9. The normalized spacial score (nSPS) is 26.1. The zero-order valence-electron chi connectivity index (χ0n) is 11.7. The smallest absolute Gasteiger partial charge is 0.0849 e. The maximum absolute atomic E-state index is 5.84. The Bertz CT molecular complexity index is 263. The second-order valence-electron chi connectivity index (χ2n) is 6.25. The Hall–Kier alpha value is 0.357. The van der Waals surface area contributed by atoms with Crippen molar-refractivity contribution >= 4 is 24.0 Å². The third kappa shape index (κ3) is 5.24. The van der Waals surface area contributed by atoms with E-state index in [0.717, 1.165) is 13.2 Å². The number of hydrogen-bond acceptors (Lipinski definition) is 2. The lowest BCUT2D eigenvalue weighted by Crippen LogP contribution is -2.42. The number of alkyl halides is 1. The predicted octanol–water partition coefficient (Wildman–Crippen LogP) is 3.71. The van der Waals surface area contributed by atoms with Crippen LogP contribution >= 0.6 is 15.9 Å². The van der Waals surface area contributed by atoms with Gasteiger partial charge in [-0.05, 0) is 19.9 Å². The third-order valence-electron chi connectivity index (χ3n) is 3.04. The zero-order valence-corrected chi connectivity index (χ0v) is 14.3. The fraction of sp³-hybridized carbons (Fsp3) is 0.846. The van der Waals surface area contributed by atoms with E-state index >= 15 is 0 Å². The molecule has 0 aliphatic carbocycles. The molecule has 1 rings (SSSR count). The van der Waals surface area contributed by atoms with Gasteiger partial charge in [-0.3, -0.25) is 4.90 Å². The fourth-order valence-corrected chi connectivity index (χ4v) is 3.70. The van der Waals surface area contributed by atoms with Crippen LogP contribution in [0.5, 0.6) is 0 Å². The van der Waals surface area contributed by atoms with Crippen molar-refractivity contribution in [2.24, 2.45) is 0 Å². The van der Waals surface area contributed by atoms with Gasteiger partial charge in [-0.2, -0.15) is 0 Å². The summed E-state index contributed by atoms with van der Waals surface area (Å²) in [4.78, 5) is 2.81. The molecule has 0 N–H and O–H groups in total. The molecule has 0 saturated carbocycles. The van der Waals surface area contributed by atoms with Crippen LogP contribution in [0.4, 0.5) is 0 Å². The molecule has 2 atom stereocenters. The molecule has 1 aliphatic heterocycles. The lowest BCUT2D eigenvalue weighted by atomic mass is 10.2. The highest BCUT2D eigenvalue weighted by Gasteiger charge is 2.28. The predicted molar refractivity (Wildman–Crippen MR) is 81.6 cm³/mol. The monoisotopic (exact) mass is 319 g/mol. The maximum atomic E-state index is 5.84. The van der Waals surface area contributed by atoms with Gasteiger partial charge < -0.3 is 4.74 Å². The van der Waals surface area contributed by atoms with Gasteiger partial charge in [0.15, 0.2) is 0 Å². The first-order valence-corrected chi connectivity index (χ1v) is 11.1. The average Bonchev–Trinajstić information content (AvgIpc) is 2.53. The minimum atomic E-state index is -0.952. The number of ether oxygens (including phenoxy) is 1. The van der Waals surface area contributed by atoms with Crippen LogP contribution < -0.4 is 0 Å². The van der Waals surface area contributed by atoms with Crippen LogP contribution in [0.25, 0.3) is 0 Å². The van der Waals surface area contributed by atoms with E-state index in [9.17, 15) is 0 Å². The summed E-state index contributed by atoms with van der Waals surface area (Å²) in [7, 11) is -0.952. The van der Waals surface area contributed by atoms with Crippen molar-refractivity contribution < 1.29 is 4.74 Å². The van der Waals surface area contributed by atoms with E-state index in [4.69, 9.17) is 4.74 Å². The van der Waals surface area contributed by atoms with E-state index in [0.29, 0.717) is 17.0 Å². The zero-order chi connectivity index (χ0) is 13.1. The summed E-state index contributed by atoms with van der Waals surface area (Å²) in [5.74, 6) is 0. The number of nitrogens with zero attached hydrogens (tertiary/aromatic N) is 1. The van der Waals surface area contributed by atoms with E-state index in [1.807, 2.05) is 0 Å². The molecule has 0 aromatic carbocycles. The van der Waals surface area contributed by atoms with Gasteiger partial charge in [0.05, 0.1) is 17.6 Å². The molecule has 1 aliphatic rings. The molecule has 0 bridgehead atoms. The molecule has 0 aromatic heterocycles. The minimum absolute atomic E-state index is 0.369. The number of halogens is 1. The van der Waals surface area contributed by atoms with Gasteiger partial charge in [0.2, 0.25) is 0 Å². The molecule has 17 heavy (non-hydrogen) atoms. The third-order valence-corrected chi connectivity index (χ3v) is 5.52. The summed E-state index contributed by atoms with van der Waals surface area (Å²) >= 11 is 3.68. The Morgan fingerprint density at radius 2 is 1.94 bits per heavy atom. The maximum Gasteiger partial charge on any atom is 0.0849 e. The molecular weight excluding hydrogens is 294 g/mol. The van der Waals surface area contributed by atoms with Gasteiger partial charge >= 0.3 is 0 Å². The Kier molecular flexibility index (Phi) is 5.90. The summed E-state index contributed by atoms with van der Waals surface area (Å²) in [5.41, 5.74) is 0. The molecule has 2 nitrogen and oxygen atoms in total. The van der Waals surface area contributed by atoms with Gasteiger partial charge in [-0.1, -0.05) is 47.7 Å². The lowest BCUT2D eigenvalue weighted by molar-refractivity contribution is 0.0795. The second kappa shape index (κ2) is 6.50. The summed E-state index contributed by atoms with van der Waals surface area (Å²) < 4.78 is 5.84. The van der Waals surface area contributed by atoms with Crippen LogP contribution in [0.2, 0.25) is 25.7 Å². The van der Waals surface area contributed by atoms with Crippen LogP contribution in [0.3, 0.4) is 0 Å². The van der Waals surface area contributed by atoms with Gasteiger partial charge in [0, 0.05) is 20.7 Å². The average molecular weight is 320 g/mol. The van der Waals surface area contributed by atoms with Crippen LogP contribution in [0.15, 0.2) is 12.2 Å². The number of hydrogen-bond donors (Lipinski definition) is 0. The summed E-state index contributed by atoms with van der Waals surface area (Å²) in [5, 5.41) is 0. The topological polar surface area (TPSA) is 12.5 Å². The Morgan fingerprint density at radius 1 is 1.29 bits per heavy atom. The standard InChI is InChI=1S/C13H26BrNOSi/c1-11(2)15-12(6-7-13(15)14)10-16-8-9-17(3,4)5/h6-7,11-13H,8-10H2,1-5H3. The van der Waals surface area contributed by atoms with Crippen molar-refractivity contribution in [3.8, 4) is 0 Å². The first kappa shape index (κ1) is 15.4. The van der Waals surface area contributed by atoms with Crippen LogP contribution in [-0.4, -0.2) is 43.2 Å². The Morgan fingerprint density at radius 3 is 2.47 bits per heavy atom. The molecule has 0 aromatic rings. The largest absolute Gasteiger partial charge is 0.380 e. The molecule has 0 spiro atoms. The van der Waals surface area contributed by atoms with E-state index < -0.39 is 8.07 Å². The van der Waals surface area contributed by atoms with Gasteiger partial charge in [0.1, 0.15) is 0 Å². The van der Waals surface area contributed by atoms with E-state index in [1.54, 1.807) is 0 Å². The molecule has 4 heteroatoms. The lowest BCUT2D eigenvalue weighted by Gasteiger charge is -2.31. The van der Waals surface area contributed by atoms with Gasteiger partial charge in [-0.25, -0.2) is 0 Å². The molecular formula is C13H26BrNOSi.